The number of benzene rings is 1. The Balaban J connectivity index is 1.41. The normalized spacial score (nSPS) is 17.8. The molecule has 7 nitrogen and oxygen atoms in total. The predicted molar refractivity (Wildman–Crippen MR) is 110 cm³/mol. The van der Waals surface area contributed by atoms with Gasteiger partial charge >= 0.3 is 0 Å². The number of amides is 1. The Bertz CT molecular complexity index is 874. The van der Waals surface area contributed by atoms with Crippen molar-refractivity contribution in [3.05, 3.63) is 47.3 Å². The number of fused-ring (bicyclic) bond motifs is 2. The van der Waals surface area contributed by atoms with Gasteiger partial charge in [0.2, 0.25) is 11.9 Å². The number of ether oxygens (including phenoxy) is 1. The molecule has 0 radical (unpaired) electrons. The predicted octanol–water partition coefficient (Wildman–Crippen LogP) is 2.27. The third-order valence-corrected chi connectivity index (χ3v) is 5.92. The molecule has 2 aromatic rings. The summed E-state index contributed by atoms with van der Waals surface area (Å²) in [6, 6.07) is 7.05. The molecular formula is C22H28N4O3. The summed E-state index contributed by atoms with van der Waals surface area (Å²) in [5, 5.41) is 9.38. The van der Waals surface area contributed by atoms with Crippen molar-refractivity contribution in [3.8, 4) is 5.75 Å². The standard InChI is InChI=1S/C22H28N4O3/c1-25(2)21-23-15-17-9-14-29-22(20(17)24-21)10-12-26(13-11-22)19(28)8-5-16-3-6-18(27)7-4-16/h3-4,6-7,15,27H,5,8-14H2,1-2H3. The molecule has 0 aliphatic carbocycles. The minimum absolute atomic E-state index is 0.167. The summed E-state index contributed by atoms with van der Waals surface area (Å²) in [5.41, 5.74) is 2.81. The quantitative estimate of drug-likeness (QED) is 0.854. The molecule has 1 amide bonds. The van der Waals surface area contributed by atoms with E-state index >= 15 is 0 Å². The number of likely N-dealkylation sites (tertiary alicyclic amines) is 1. The third kappa shape index (κ3) is 4.05. The number of aromatic nitrogens is 2. The van der Waals surface area contributed by atoms with Crippen LogP contribution in [0.5, 0.6) is 5.75 Å². The molecule has 0 saturated carbocycles. The van der Waals surface area contributed by atoms with Gasteiger partial charge < -0.3 is 19.6 Å². The van der Waals surface area contributed by atoms with Gasteiger partial charge in [-0.2, -0.15) is 0 Å². The Morgan fingerprint density at radius 2 is 1.97 bits per heavy atom. The van der Waals surface area contributed by atoms with Crippen molar-refractivity contribution in [1.29, 1.82) is 0 Å². The highest BCUT2D eigenvalue weighted by atomic mass is 16.5. The fourth-order valence-corrected chi connectivity index (χ4v) is 4.19. The average Bonchev–Trinajstić information content (AvgIpc) is 2.74. The number of hydrogen-bond acceptors (Lipinski definition) is 6. The summed E-state index contributed by atoms with van der Waals surface area (Å²) in [6.07, 6.45) is 5.43. The van der Waals surface area contributed by atoms with Gasteiger partial charge in [-0.1, -0.05) is 12.1 Å². The van der Waals surface area contributed by atoms with Crippen LogP contribution in [0, 0.1) is 0 Å². The number of phenols is 1. The maximum atomic E-state index is 12.7. The molecule has 1 aromatic heterocycles. The van der Waals surface area contributed by atoms with E-state index in [1.165, 1.54) is 0 Å². The minimum atomic E-state index is -0.408. The zero-order valence-electron chi connectivity index (χ0n) is 17.1. The van der Waals surface area contributed by atoms with Crippen LogP contribution in [0.4, 0.5) is 5.95 Å². The van der Waals surface area contributed by atoms with Gasteiger partial charge in [-0.05, 0) is 48.9 Å². The Hall–Kier alpha value is -2.67. The maximum Gasteiger partial charge on any atom is 0.225 e. The van der Waals surface area contributed by atoms with Crippen molar-refractivity contribution in [2.75, 3.05) is 38.7 Å². The summed E-state index contributed by atoms with van der Waals surface area (Å²) in [6.45, 7) is 2.02. The van der Waals surface area contributed by atoms with Crippen LogP contribution in [0.15, 0.2) is 30.5 Å². The fraction of sp³-hybridized carbons (Fsp3) is 0.500. The second-order valence-electron chi connectivity index (χ2n) is 8.08. The van der Waals surface area contributed by atoms with Crippen LogP contribution in [0.2, 0.25) is 0 Å². The summed E-state index contributed by atoms with van der Waals surface area (Å²) >= 11 is 0. The van der Waals surface area contributed by atoms with E-state index in [0.29, 0.717) is 38.5 Å². The molecule has 7 heteroatoms. The zero-order chi connectivity index (χ0) is 20.4. The van der Waals surface area contributed by atoms with Crippen LogP contribution < -0.4 is 4.90 Å². The van der Waals surface area contributed by atoms with Crippen LogP contribution in [0.3, 0.4) is 0 Å². The molecule has 1 saturated heterocycles. The number of hydrogen-bond donors (Lipinski definition) is 1. The summed E-state index contributed by atoms with van der Waals surface area (Å²) in [7, 11) is 3.88. The Morgan fingerprint density at radius 1 is 1.24 bits per heavy atom. The molecule has 3 heterocycles. The van der Waals surface area contributed by atoms with Crippen LogP contribution in [-0.4, -0.2) is 59.7 Å². The largest absolute Gasteiger partial charge is 0.508 e. The van der Waals surface area contributed by atoms with Gasteiger partial charge in [0, 0.05) is 39.8 Å². The van der Waals surface area contributed by atoms with E-state index in [9.17, 15) is 9.90 Å². The molecule has 0 unspecified atom stereocenters. The van der Waals surface area contributed by atoms with Crippen LogP contribution in [-0.2, 0) is 28.0 Å². The summed E-state index contributed by atoms with van der Waals surface area (Å²) < 4.78 is 6.27. The van der Waals surface area contributed by atoms with Gasteiger partial charge in [0.25, 0.3) is 0 Å². The molecule has 1 aromatic carbocycles. The Morgan fingerprint density at radius 3 is 2.66 bits per heavy atom. The van der Waals surface area contributed by atoms with E-state index in [4.69, 9.17) is 9.72 Å². The lowest BCUT2D eigenvalue weighted by molar-refractivity contribution is -0.141. The van der Waals surface area contributed by atoms with Crippen LogP contribution in [0.25, 0.3) is 0 Å². The van der Waals surface area contributed by atoms with E-state index < -0.39 is 5.60 Å². The van der Waals surface area contributed by atoms with Gasteiger partial charge in [-0.25, -0.2) is 9.97 Å². The van der Waals surface area contributed by atoms with Gasteiger partial charge in [0.15, 0.2) is 0 Å². The van der Waals surface area contributed by atoms with Gasteiger partial charge in [-0.15, -0.1) is 0 Å². The topological polar surface area (TPSA) is 78.8 Å². The van der Waals surface area contributed by atoms with Crippen molar-refractivity contribution in [2.45, 2.75) is 37.7 Å². The van der Waals surface area contributed by atoms with Crippen molar-refractivity contribution in [3.63, 3.8) is 0 Å². The molecule has 154 valence electrons. The monoisotopic (exact) mass is 396 g/mol. The molecule has 0 bridgehead atoms. The fourth-order valence-electron chi connectivity index (χ4n) is 4.19. The number of piperidine rings is 1. The van der Waals surface area contributed by atoms with E-state index in [1.54, 1.807) is 12.1 Å². The number of rotatable bonds is 4. The first-order valence-corrected chi connectivity index (χ1v) is 10.2. The highest BCUT2D eigenvalue weighted by Crippen LogP contribution is 2.40. The number of carbonyl (C=O) groups excluding carboxylic acids is 1. The first-order valence-electron chi connectivity index (χ1n) is 10.2. The van der Waals surface area contributed by atoms with Gasteiger partial charge in [-0.3, -0.25) is 4.79 Å². The van der Waals surface area contributed by atoms with Crippen molar-refractivity contribution >= 4 is 11.9 Å². The summed E-state index contributed by atoms with van der Waals surface area (Å²) in [4.78, 5) is 25.8. The van der Waals surface area contributed by atoms with Crippen molar-refractivity contribution < 1.29 is 14.6 Å². The number of anilines is 1. The first kappa shape index (κ1) is 19.6. The lowest BCUT2D eigenvalue weighted by Gasteiger charge is -2.44. The lowest BCUT2D eigenvalue weighted by Crippen LogP contribution is -2.49. The lowest BCUT2D eigenvalue weighted by atomic mass is 9.83. The van der Waals surface area contributed by atoms with Crippen molar-refractivity contribution in [1.82, 2.24) is 14.9 Å². The Labute approximate surface area is 171 Å². The molecule has 1 spiro atoms. The SMILES string of the molecule is CN(C)c1ncc2c(n1)C1(CCN(C(=O)CCc3ccc(O)cc3)CC1)OCC2. The smallest absolute Gasteiger partial charge is 0.225 e. The molecule has 2 aliphatic rings. The molecule has 0 atom stereocenters. The maximum absolute atomic E-state index is 12.7. The average molecular weight is 396 g/mol. The van der Waals surface area contributed by atoms with E-state index in [1.807, 2.05) is 42.2 Å². The Kier molecular flexibility index (Phi) is 5.41. The zero-order valence-corrected chi connectivity index (χ0v) is 17.1. The molecule has 2 aliphatic heterocycles. The highest BCUT2D eigenvalue weighted by Gasteiger charge is 2.43. The number of aryl methyl sites for hydroxylation is 1. The number of carbonyl (C=O) groups is 1. The first-order chi connectivity index (χ1) is 14.0. The molecule has 1 N–H and O–H groups in total. The molecular weight excluding hydrogens is 368 g/mol. The van der Waals surface area contributed by atoms with Crippen LogP contribution in [0.1, 0.15) is 36.1 Å². The van der Waals surface area contributed by atoms with Crippen LogP contribution >= 0.6 is 0 Å². The van der Waals surface area contributed by atoms with Gasteiger partial charge in [0.05, 0.1) is 12.3 Å². The third-order valence-electron chi connectivity index (χ3n) is 5.92. The number of nitrogens with zero attached hydrogens (tertiary/aromatic N) is 4. The minimum Gasteiger partial charge on any atom is -0.508 e. The molecule has 29 heavy (non-hydrogen) atoms. The van der Waals surface area contributed by atoms with E-state index in [2.05, 4.69) is 4.98 Å². The second-order valence-corrected chi connectivity index (χ2v) is 8.08. The molecule has 4 rings (SSSR count). The van der Waals surface area contributed by atoms with E-state index in [-0.39, 0.29) is 11.7 Å². The summed E-state index contributed by atoms with van der Waals surface area (Å²) in [5.74, 6) is 1.11. The number of aromatic hydroxyl groups is 1. The second kappa shape index (κ2) is 7.99. The molecule has 1 fully saturated rings. The van der Waals surface area contributed by atoms with Crippen molar-refractivity contribution in [2.24, 2.45) is 0 Å². The van der Waals surface area contributed by atoms with Gasteiger partial charge in [0.1, 0.15) is 11.4 Å². The highest BCUT2D eigenvalue weighted by molar-refractivity contribution is 5.76. The number of phenolic OH excluding ortho intramolecular Hbond substituents is 1. The van der Waals surface area contributed by atoms with E-state index in [0.717, 1.165) is 36.1 Å².